The Morgan fingerprint density at radius 1 is 0.488 bits per heavy atom. The molecule has 18 heteroatoms. The van der Waals surface area contributed by atoms with Crippen molar-refractivity contribution in [2.24, 2.45) is 0 Å². The molecular formula is C25H28O18. The molecule has 0 saturated carbocycles. The van der Waals surface area contributed by atoms with E-state index in [2.05, 4.69) is 39.1 Å². The van der Waals surface area contributed by atoms with Crippen molar-refractivity contribution in [1.82, 2.24) is 0 Å². The molecule has 0 N–H and O–H groups in total. The van der Waals surface area contributed by atoms with Crippen LogP contribution in [0.15, 0.2) is 24.3 Å². The Bertz CT molecular complexity index is 1160. The highest BCUT2D eigenvalue weighted by atomic mass is 17.5. The molecule has 2 aromatic carbocycles. The molecule has 0 unspecified atom stereocenters. The first kappa shape index (κ1) is 33.8. The molecule has 0 radical (unpaired) electrons. The molecule has 236 valence electrons. The van der Waals surface area contributed by atoms with Gasteiger partial charge in [-0.1, -0.05) is 0 Å². The highest BCUT2D eigenvalue weighted by Crippen LogP contribution is 2.41. The number of carbonyl (C=O) groups is 4. The Morgan fingerprint density at radius 2 is 0.860 bits per heavy atom. The van der Waals surface area contributed by atoms with Crippen LogP contribution in [0.1, 0.15) is 27.1 Å². The largest absolute Gasteiger partial charge is 0.543 e. The predicted octanol–water partition coefficient (Wildman–Crippen LogP) is 3.14. The van der Waals surface area contributed by atoms with E-state index in [-0.39, 0.29) is 65.3 Å². The summed E-state index contributed by atoms with van der Waals surface area (Å²) < 4.78 is 40.1. The molecule has 0 bridgehead atoms. The number of benzene rings is 2. The first-order chi connectivity index (χ1) is 20.8. The van der Waals surface area contributed by atoms with Crippen molar-refractivity contribution in [3.8, 4) is 34.5 Å². The van der Waals surface area contributed by atoms with Crippen LogP contribution in [0.4, 0.5) is 9.59 Å². The van der Waals surface area contributed by atoms with Gasteiger partial charge >= 0.3 is 24.2 Å². The lowest BCUT2D eigenvalue weighted by molar-refractivity contribution is -0.452. The number of hydrogen-bond acceptors (Lipinski definition) is 18. The molecule has 0 amide bonds. The SMILES string of the molecule is COc1ccc(C(=O)OOOC(=O)OCCCOC(=O)OOOC(=O)c2ccc(OC)c(OC)c2OC)c(OC)c1OC. The van der Waals surface area contributed by atoms with E-state index in [1.54, 1.807) is 0 Å². The normalized spacial score (nSPS) is 10.0. The summed E-state index contributed by atoms with van der Waals surface area (Å²) >= 11 is 0. The van der Waals surface area contributed by atoms with E-state index in [4.69, 9.17) is 28.4 Å². The molecule has 43 heavy (non-hydrogen) atoms. The maximum atomic E-state index is 12.2. The minimum Gasteiger partial charge on any atom is -0.493 e. The summed E-state index contributed by atoms with van der Waals surface area (Å²) in [5, 5.41) is 8.27. The molecule has 0 aromatic heterocycles. The summed E-state index contributed by atoms with van der Waals surface area (Å²) in [5.74, 6) is -1.39. The van der Waals surface area contributed by atoms with Crippen molar-refractivity contribution in [3.05, 3.63) is 35.4 Å². The van der Waals surface area contributed by atoms with Crippen molar-refractivity contribution in [2.45, 2.75) is 6.42 Å². The summed E-state index contributed by atoms with van der Waals surface area (Å²) in [7, 11) is 8.03. The van der Waals surface area contributed by atoms with Gasteiger partial charge in [-0.25, -0.2) is 29.0 Å². The Hall–Kier alpha value is -5.36. The quantitative estimate of drug-likeness (QED) is 0.115. The third kappa shape index (κ3) is 9.33. The summed E-state index contributed by atoms with van der Waals surface area (Å²) in [5.41, 5.74) is -0.249. The van der Waals surface area contributed by atoms with Gasteiger partial charge in [-0.05, 0) is 24.3 Å². The lowest BCUT2D eigenvalue weighted by Gasteiger charge is -2.14. The van der Waals surface area contributed by atoms with Crippen LogP contribution >= 0.6 is 0 Å². The van der Waals surface area contributed by atoms with Gasteiger partial charge in [-0.2, -0.15) is 0 Å². The highest BCUT2D eigenvalue weighted by molar-refractivity contribution is 5.94. The second-order valence-corrected chi connectivity index (χ2v) is 7.36. The van der Waals surface area contributed by atoms with Crippen molar-refractivity contribution >= 4 is 24.2 Å². The number of carbonyl (C=O) groups excluding carboxylic acids is 4. The van der Waals surface area contributed by atoms with Gasteiger partial charge in [-0.3, -0.25) is 9.78 Å². The number of methoxy groups -OCH3 is 6. The van der Waals surface area contributed by atoms with E-state index >= 15 is 0 Å². The molecule has 0 atom stereocenters. The van der Waals surface area contributed by atoms with Gasteiger partial charge in [-0.15, -0.1) is 0 Å². The highest BCUT2D eigenvalue weighted by Gasteiger charge is 2.24. The number of hydrogen-bond donors (Lipinski definition) is 0. The average Bonchev–Trinajstić information content (AvgIpc) is 3.02. The second-order valence-electron chi connectivity index (χ2n) is 7.36. The van der Waals surface area contributed by atoms with Gasteiger partial charge in [0.25, 0.3) is 0 Å². The average molecular weight is 616 g/mol. The fourth-order valence-corrected chi connectivity index (χ4v) is 3.18. The van der Waals surface area contributed by atoms with Crippen LogP contribution < -0.4 is 28.4 Å². The zero-order valence-electron chi connectivity index (χ0n) is 23.8. The maximum Gasteiger partial charge on any atom is 0.543 e. The first-order valence-corrected chi connectivity index (χ1v) is 11.8. The van der Waals surface area contributed by atoms with Crippen LogP contribution in [-0.2, 0) is 39.1 Å². The van der Waals surface area contributed by atoms with E-state index in [9.17, 15) is 19.2 Å². The van der Waals surface area contributed by atoms with Crippen LogP contribution in [0.5, 0.6) is 34.5 Å². The molecule has 0 aliphatic heterocycles. The lowest BCUT2D eigenvalue weighted by Crippen LogP contribution is -2.15. The Morgan fingerprint density at radius 3 is 1.19 bits per heavy atom. The minimum absolute atomic E-state index is 0.0155. The van der Waals surface area contributed by atoms with E-state index in [0.717, 1.165) is 0 Å². The number of ether oxygens (including phenoxy) is 8. The Kier molecular flexibility index (Phi) is 13.7. The monoisotopic (exact) mass is 616 g/mol. The van der Waals surface area contributed by atoms with Gasteiger partial charge < -0.3 is 37.9 Å². The lowest BCUT2D eigenvalue weighted by atomic mass is 10.1. The summed E-state index contributed by atoms with van der Waals surface area (Å²) in [4.78, 5) is 64.7. The van der Waals surface area contributed by atoms with Crippen molar-refractivity contribution in [1.29, 1.82) is 0 Å². The van der Waals surface area contributed by atoms with E-state index in [1.165, 1.54) is 66.9 Å². The van der Waals surface area contributed by atoms with Crippen molar-refractivity contribution in [2.75, 3.05) is 55.9 Å². The third-order valence-electron chi connectivity index (χ3n) is 5.00. The standard InChI is InChI=1S/C25H28O18/c1-30-16-10-8-14(18(32-3)20(16)34-5)22(26)38-42-40-24(28)36-12-7-13-37-25(29)41-43-39-23(27)15-9-11-17(31-2)21(35-6)19(15)33-4/h8-11H,7,12-13H2,1-6H3. The molecule has 0 aliphatic rings. The van der Waals surface area contributed by atoms with Gasteiger partial charge in [0, 0.05) is 6.42 Å². The predicted molar refractivity (Wildman–Crippen MR) is 135 cm³/mol. The fourth-order valence-electron chi connectivity index (χ4n) is 3.18. The fraction of sp³-hybridized carbons (Fsp3) is 0.360. The van der Waals surface area contributed by atoms with Crippen molar-refractivity contribution < 1.29 is 86.7 Å². The first-order valence-electron chi connectivity index (χ1n) is 11.8. The van der Waals surface area contributed by atoms with E-state index in [0.29, 0.717) is 0 Å². The molecule has 0 fully saturated rings. The van der Waals surface area contributed by atoms with Crippen LogP contribution in [0, 0.1) is 0 Å². The molecule has 2 aromatic rings. The van der Waals surface area contributed by atoms with Crippen molar-refractivity contribution in [3.63, 3.8) is 0 Å². The van der Waals surface area contributed by atoms with Gasteiger partial charge in [0.1, 0.15) is 11.1 Å². The number of rotatable bonds is 16. The summed E-state index contributed by atoms with van der Waals surface area (Å²) in [6, 6.07) is 5.45. The molecule has 0 aliphatic carbocycles. The van der Waals surface area contributed by atoms with Crippen LogP contribution in [0.3, 0.4) is 0 Å². The smallest absolute Gasteiger partial charge is 0.493 e. The molecule has 18 nitrogen and oxygen atoms in total. The molecule has 0 saturated heterocycles. The Balaban J connectivity index is 1.65. The molecular weight excluding hydrogens is 588 g/mol. The molecule has 0 spiro atoms. The third-order valence-corrected chi connectivity index (χ3v) is 5.00. The second kappa shape index (κ2) is 17.5. The Labute approximate surface area is 243 Å². The summed E-state index contributed by atoms with van der Waals surface area (Å²) in [6.45, 7) is -0.635. The van der Waals surface area contributed by atoms with Gasteiger partial charge in [0.05, 0.1) is 65.9 Å². The van der Waals surface area contributed by atoms with Crippen LogP contribution in [0.25, 0.3) is 0 Å². The van der Waals surface area contributed by atoms with Crippen LogP contribution in [0.2, 0.25) is 0 Å². The molecule has 0 heterocycles. The molecule has 2 rings (SSSR count). The zero-order valence-corrected chi connectivity index (χ0v) is 23.8. The summed E-state index contributed by atoms with van der Waals surface area (Å²) in [6.07, 6.45) is -2.79. The van der Waals surface area contributed by atoms with Gasteiger partial charge in [0.2, 0.25) is 11.5 Å². The van der Waals surface area contributed by atoms with E-state index < -0.39 is 24.2 Å². The topological polar surface area (TPSA) is 197 Å². The minimum atomic E-state index is -1.38. The van der Waals surface area contributed by atoms with Gasteiger partial charge in [0.15, 0.2) is 23.0 Å². The maximum absolute atomic E-state index is 12.2. The zero-order chi connectivity index (χ0) is 31.8. The van der Waals surface area contributed by atoms with Crippen LogP contribution in [-0.4, -0.2) is 80.1 Å². The van der Waals surface area contributed by atoms with E-state index in [1.807, 2.05) is 0 Å².